The van der Waals surface area contributed by atoms with Crippen LogP contribution in [-0.2, 0) is 4.79 Å². The van der Waals surface area contributed by atoms with E-state index in [-0.39, 0.29) is 11.4 Å². The first-order valence-corrected chi connectivity index (χ1v) is 4.14. The van der Waals surface area contributed by atoms with Crippen LogP contribution < -0.4 is 4.74 Å². The Morgan fingerprint density at radius 1 is 1.60 bits per heavy atom. The molecule has 15 heavy (non-hydrogen) atoms. The quantitative estimate of drug-likeness (QED) is 0.601. The minimum absolute atomic E-state index is 0.134. The summed E-state index contributed by atoms with van der Waals surface area (Å²) in [6, 6.07) is 5.38. The number of nitro groups is 1. The Bertz CT molecular complexity index is 390. The molecule has 1 atom stereocenters. The summed E-state index contributed by atoms with van der Waals surface area (Å²) < 4.78 is 4.96. The van der Waals surface area contributed by atoms with Crippen LogP contribution in [0.4, 0.5) is 5.69 Å². The minimum Gasteiger partial charge on any atom is -0.479 e. The highest BCUT2D eigenvalue weighted by Crippen LogP contribution is 2.19. The first kappa shape index (κ1) is 11.0. The third-order valence-electron chi connectivity index (χ3n) is 1.69. The van der Waals surface area contributed by atoms with Gasteiger partial charge in [0.25, 0.3) is 5.69 Å². The molecule has 0 saturated carbocycles. The number of hydrogen-bond acceptors (Lipinski definition) is 4. The van der Waals surface area contributed by atoms with Crippen molar-refractivity contribution in [2.45, 2.75) is 13.0 Å². The van der Waals surface area contributed by atoms with Gasteiger partial charge in [0.2, 0.25) is 0 Å². The molecular formula is C9H9NO5. The highest BCUT2D eigenvalue weighted by atomic mass is 16.6. The van der Waals surface area contributed by atoms with Crippen LogP contribution in [0.1, 0.15) is 6.92 Å². The summed E-state index contributed by atoms with van der Waals surface area (Å²) in [5, 5.41) is 19.0. The highest BCUT2D eigenvalue weighted by Gasteiger charge is 2.14. The maximum atomic E-state index is 10.5. The molecule has 6 nitrogen and oxygen atoms in total. The average Bonchev–Trinajstić information content (AvgIpc) is 2.18. The number of carbonyl (C=O) groups is 1. The van der Waals surface area contributed by atoms with Crippen LogP contribution in [-0.4, -0.2) is 22.1 Å². The van der Waals surface area contributed by atoms with Crippen molar-refractivity contribution in [1.82, 2.24) is 0 Å². The van der Waals surface area contributed by atoms with Crippen molar-refractivity contribution >= 4 is 11.7 Å². The highest BCUT2D eigenvalue weighted by molar-refractivity contribution is 5.72. The summed E-state index contributed by atoms with van der Waals surface area (Å²) in [4.78, 5) is 20.3. The molecule has 0 saturated heterocycles. The molecule has 1 rings (SSSR count). The first-order valence-electron chi connectivity index (χ1n) is 4.14. The second-order valence-electron chi connectivity index (χ2n) is 2.85. The lowest BCUT2D eigenvalue weighted by Crippen LogP contribution is -2.22. The number of nitro benzene ring substituents is 1. The Balaban J connectivity index is 2.82. The molecular weight excluding hydrogens is 202 g/mol. The van der Waals surface area contributed by atoms with Crippen LogP contribution in [0.2, 0.25) is 0 Å². The van der Waals surface area contributed by atoms with Crippen LogP contribution in [0.15, 0.2) is 24.3 Å². The van der Waals surface area contributed by atoms with Crippen LogP contribution in [0.25, 0.3) is 0 Å². The van der Waals surface area contributed by atoms with E-state index >= 15 is 0 Å². The second kappa shape index (κ2) is 4.41. The fourth-order valence-corrected chi connectivity index (χ4v) is 0.925. The summed E-state index contributed by atoms with van der Waals surface area (Å²) in [5.41, 5.74) is -0.134. The van der Waals surface area contributed by atoms with Gasteiger partial charge in [-0.1, -0.05) is 6.07 Å². The number of nitrogens with zero attached hydrogens (tertiary/aromatic N) is 1. The molecule has 0 aliphatic carbocycles. The Hall–Kier alpha value is -2.11. The van der Waals surface area contributed by atoms with Gasteiger partial charge in [-0.25, -0.2) is 4.79 Å². The number of carboxylic acid groups (broad SMARTS) is 1. The lowest BCUT2D eigenvalue weighted by atomic mass is 10.3. The van der Waals surface area contributed by atoms with Crippen molar-refractivity contribution in [2.24, 2.45) is 0 Å². The van der Waals surface area contributed by atoms with Crippen LogP contribution in [0.3, 0.4) is 0 Å². The standard InChI is InChI=1S/C9H9NO5/c1-6(9(11)12)15-8-4-2-3-7(5-8)10(13)14/h2-6H,1H3,(H,11,12)/t6-/m0/s1. The van der Waals surface area contributed by atoms with E-state index in [1.165, 1.54) is 31.2 Å². The van der Waals surface area contributed by atoms with E-state index in [0.717, 1.165) is 0 Å². The maximum Gasteiger partial charge on any atom is 0.344 e. The van der Waals surface area contributed by atoms with Crippen molar-refractivity contribution in [3.63, 3.8) is 0 Å². The van der Waals surface area contributed by atoms with Crippen LogP contribution >= 0.6 is 0 Å². The van der Waals surface area contributed by atoms with Crippen LogP contribution in [0.5, 0.6) is 5.75 Å². The van der Waals surface area contributed by atoms with Crippen molar-refractivity contribution in [2.75, 3.05) is 0 Å². The lowest BCUT2D eigenvalue weighted by Gasteiger charge is -2.09. The molecule has 0 heterocycles. The molecule has 1 aromatic carbocycles. The number of rotatable bonds is 4. The van der Waals surface area contributed by atoms with E-state index in [0.29, 0.717) is 0 Å². The molecule has 1 N–H and O–H groups in total. The molecule has 0 aromatic heterocycles. The van der Waals surface area contributed by atoms with Gasteiger partial charge in [0, 0.05) is 6.07 Å². The summed E-state index contributed by atoms with van der Waals surface area (Å²) >= 11 is 0. The summed E-state index contributed by atoms with van der Waals surface area (Å²) in [6.45, 7) is 1.35. The molecule has 0 aliphatic rings. The van der Waals surface area contributed by atoms with Crippen molar-refractivity contribution in [1.29, 1.82) is 0 Å². The summed E-state index contributed by atoms with van der Waals surface area (Å²) in [5.74, 6) is -0.958. The van der Waals surface area contributed by atoms with E-state index in [4.69, 9.17) is 9.84 Å². The SMILES string of the molecule is C[C@H](Oc1cccc([N+](=O)[O-])c1)C(=O)O. The largest absolute Gasteiger partial charge is 0.479 e. The smallest absolute Gasteiger partial charge is 0.344 e. The van der Waals surface area contributed by atoms with E-state index in [9.17, 15) is 14.9 Å². The van der Waals surface area contributed by atoms with E-state index in [2.05, 4.69) is 0 Å². The Kier molecular flexibility index (Phi) is 3.22. The van der Waals surface area contributed by atoms with Gasteiger partial charge < -0.3 is 9.84 Å². The topological polar surface area (TPSA) is 89.7 Å². The van der Waals surface area contributed by atoms with Gasteiger partial charge in [-0.3, -0.25) is 10.1 Å². The van der Waals surface area contributed by atoms with E-state index < -0.39 is 17.0 Å². The van der Waals surface area contributed by atoms with Crippen molar-refractivity contribution in [3.05, 3.63) is 34.4 Å². The van der Waals surface area contributed by atoms with Gasteiger partial charge in [-0.15, -0.1) is 0 Å². The number of carboxylic acids is 1. The Morgan fingerprint density at radius 3 is 2.80 bits per heavy atom. The summed E-state index contributed by atoms with van der Waals surface area (Å²) in [6.07, 6.45) is -1.04. The van der Waals surface area contributed by atoms with Gasteiger partial charge in [0.15, 0.2) is 6.10 Å². The van der Waals surface area contributed by atoms with E-state index in [1.807, 2.05) is 0 Å². The molecule has 0 spiro atoms. The fraction of sp³-hybridized carbons (Fsp3) is 0.222. The first-order chi connectivity index (χ1) is 7.00. The summed E-state index contributed by atoms with van der Waals surface area (Å²) in [7, 11) is 0. The number of hydrogen-bond donors (Lipinski definition) is 1. The fourth-order valence-electron chi connectivity index (χ4n) is 0.925. The molecule has 0 fully saturated rings. The van der Waals surface area contributed by atoms with Gasteiger partial charge in [0.1, 0.15) is 5.75 Å². The minimum atomic E-state index is -1.12. The second-order valence-corrected chi connectivity index (χ2v) is 2.85. The predicted octanol–water partition coefficient (Wildman–Crippen LogP) is 1.45. The molecule has 0 bridgehead atoms. The van der Waals surface area contributed by atoms with Gasteiger partial charge in [0.05, 0.1) is 11.0 Å². The molecule has 80 valence electrons. The number of aliphatic carboxylic acids is 1. The zero-order chi connectivity index (χ0) is 11.4. The maximum absolute atomic E-state index is 10.5. The van der Waals surface area contributed by atoms with Crippen molar-refractivity contribution in [3.8, 4) is 5.75 Å². The van der Waals surface area contributed by atoms with Crippen LogP contribution in [0, 0.1) is 10.1 Å². The Labute approximate surface area is 85.2 Å². The molecule has 0 unspecified atom stereocenters. The van der Waals surface area contributed by atoms with Gasteiger partial charge in [-0.05, 0) is 13.0 Å². The normalized spacial score (nSPS) is 11.8. The van der Waals surface area contributed by atoms with Crippen molar-refractivity contribution < 1.29 is 19.6 Å². The monoisotopic (exact) mass is 211 g/mol. The third kappa shape index (κ3) is 2.94. The molecule has 1 aromatic rings. The number of ether oxygens (including phenoxy) is 1. The predicted molar refractivity (Wildman–Crippen MR) is 50.8 cm³/mol. The lowest BCUT2D eigenvalue weighted by molar-refractivity contribution is -0.384. The molecule has 0 aliphatic heterocycles. The zero-order valence-corrected chi connectivity index (χ0v) is 7.91. The van der Waals surface area contributed by atoms with Gasteiger partial charge in [-0.2, -0.15) is 0 Å². The van der Waals surface area contributed by atoms with Gasteiger partial charge >= 0.3 is 5.97 Å². The molecule has 0 radical (unpaired) electrons. The third-order valence-corrected chi connectivity index (χ3v) is 1.69. The Morgan fingerprint density at radius 2 is 2.27 bits per heavy atom. The van der Waals surface area contributed by atoms with E-state index in [1.54, 1.807) is 0 Å². The number of non-ortho nitro benzene ring substituents is 1. The molecule has 6 heteroatoms. The molecule has 0 amide bonds. The average molecular weight is 211 g/mol. The number of benzene rings is 1. The zero-order valence-electron chi connectivity index (χ0n) is 7.91.